The highest BCUT2D eigenvalue weighted by molar-refractivity contribution is 5.82. The Morgan fingerprint density at radius 3 is 2.29 bits per heavy atom. The summed E-state index contributed by atoms with van der Waals surface area (Å²) >= 11 is 0. The molecule has 0 heterocycles. The minimum Gasteiger partial charge on any atom is -0.459 e. The van der Waals surface area contributed by atoms with Gasteiger partial charge in [-0.15, -0.1) is 0 Å². The van der Waals surface area contributed by atoms with Crippen molar-refractivity contribution in [2.45, 2.75) is 71.0 Å². The smallest absolute Gasteiger partial charge is 0.350 e. The van der Waals surface area contributed by atoms with Gasteiger partial charge in [-0.25, -0.2) is 4.79 Å². The van der Waals surface area contributed by atoms with Gasteiger partial charge in [-0.3, -0.25) is 4.79 Å². The Labute approximate surface area is 103 Å². The van der Waals surface area contributed by atoms with Crippen molar-refractivity contribution in [2.24, 2.45) is 0 Å². The van der Waals surface area contributed by atoms with E-state index in [-0.39, 0.29) is 6.10 Å². The molecule has 1 rings (SSSR count). The third-order valence-corrected chi connectivity index (χ3v) is 3.30. The molecule has 1 fully saturated rings. The fraction of sp³-hybridized carbons (Fsp3) is 0.846. The summed E-state index contributed by atoms with van der Waals surface area (Å²) in [5.74, 6) is -0.864. The van der Waals surface area contributed by atoms with E-state index in [9.17, 15) is 9.59 Å². The molecule has 0 radical (unpaired) electrons. The maximum atomic E-state index is 12.0. The Hall–Kier alpha value is -1.06. The number of hydrogen-bond donors (Lipinski definition) is 0. The average Bonchev–Trinajstić information content (AvgIpc) is 2.29. The van der Waals surface area contributed by atoms with Crippen molar-refractivity contribution in [3.8, 4) is 0 Å². The second-order valence-electron chi connectivity index (χ2n) is 4.84. The standard InChI is InChI=1S/C13H22O4/c1-4-13(3,17-10(2)14)12(15)16-11-8-6-5-7-9-11/h11H,4-9H2,1-3H3. The zero-order valence-corrected chi connectivity index (χ0v) is 11.0. The molecule has 0 amide bonds. The molecule has 1 aliphatic carbocycles. The Balaban J connectivity index is 2.55. The van der Waals surface area contributed by atoms with Gasteiger partial charge in [0.05, 0.1) is 0 Å². The van der Waals surface area contributed by atoms with E-state index >= 15 is 0 Å². The molecule has 1 saturated carbocycles. The van der Waals surface area contributed by atoms with Gasteiger partial charge in [0.15, 0.2) is 0 Å². The molecule has 0 aromatic rings. The molecule has 0 saturated heterocycles. The van der Waals surface area contributed by atoms with E-state index in [0.29, 0.717) is 6.42 Å². The third kappa shape index (κ3) is 4.02. The first-order valence-electron chi connectivity index (χ1n) is 6.38. The van der Waals surface area contributed by atoms with Gasteiger partial charge in [0.2, 0.25) is 5.60 Å². The SMILES string of the molecule is CCC(C)(OC(C)=O)C(=O)OC1CCCCC1. The largest absolute Gasteiger partial charge is 0.459 e. The van der Waals surface area contributed by atoms with Gasteiger partial charge < -0.3 is 9.47 Å². The van der Waals surface area contributed by atoms with Gasteiger partial charge in [0.25, 0.3) is 0 Å². The van der Waals surface area contributed by atoms with Crippen LogP contribution in [0.4, 0.5) is 0 Å². The fourth-order valence-corrected chi connectivity index (χ4v) is 2.03. The van der Waals surface area contributed by atoms with Gasteiger partial charge in [0.1, 0.15) is 6.10 Å². The first-order valence-corrected chi connectivity index (χ1v) is 6.38. The van der Waals surface area contributed by atoms with Crippen LogP contribution in [0.25, 0.3) is 0 Å². The lowest BCUT2D eigenvalue weighted by Gasteiger charge is -2.29. The van der Waals surface area contributed by atoms with Crippen molar-refractivity contribution < 1.29 is 19.1 Å². The van der Waals surface area contributed by atoms with E-state index in [2.05, 4.69) is 0 Å². The Morgan fingerprint density at radius 2 is 1.82 bits per heavy atom. The van der Waals surface area contributed by atoms with Crippen LogP contribution in [0, 0.1) is 0 Å². The Bertz CT molecular complexity index is 281. The predicted octanol–water partition coefficient (Wildman–Crippen LogP) is 2.59. The second kappa shape index (κ2) is 6.03. The van der Waals surface area contributed by atoms with E-state index in [1.807, 2.05) is 6.92 Å². The maximum Gasteiger partial charge on any atom is 0.350 e. The molecule has 0 aromatic heterocycles. The van der Waals surface area contributed by atoms with Crippen LogP contribution in [0.2, 0.25) is 0 Å². The Kier molecular flexibility index (Phi) is 4.97. The van der Waals surface area contributed by atoms with Crippen molar-refractivity contribution in [3.05, 3.63) is 0 Å². The highest BCUT2D eigenvalue weighted by atomic mass is 16.6. The van der Waals surface area contributed by atoms with Crippen LogP contribution in [0.15, 0.2) is 0 Å². The molecule has 0 bridgehead atoms. The quantitative estimate of drug-likeness (QED) is 0.711. The number of hydrogen-bond acceptors (Lipinski definition) is 4. The van der Waals surface area contributed by atoms with Crippen molar-refractivity contribution in [1.82, 2.24) is 0 Å². The van der Waals surface area contributed by atoms with Crippen molar-refractivity contribution in [3.63, 3.8) is 0 Å². The second-order valence-corrected chi connectivity index (χ2v) is 4.84. The molecule has 4 heteroatoms. The van der Waals surface area contributed by atoms with E-state index in [0.717, 1.165) is 25.7 Å². The van der Waals surface area contributed by atoms with Gasteiger partial charge in [0, 0.05) is 6.92 Å². The minimum absolute atomic E-state index is 0.00215. The Morgan fingerprint density at radius 1 is 1.24 bits per heavy atom. The average molecular weight is 242 g/mol. The lowest BCUT2D eigenvalue weighted by atomic mass is 9.97. The predicted molar refractivity (Wildman–Crippen MR) is 63.4 cm³/mol. The van der Waals surface area contributed by atoms with Crippen LogP contribution in [0.5, 0.6) is 0 Å². The number of rotatable bonds is 4. The summed E-state index contributed by atoms with van der Waals surface area (Å²) < 4.78 is 10.5. The van der Waals surface area contributed by atoms with Gasteiger partial charge in [-0.2, -0.15) is 0 Å². The number of carbonyl (C=O) groups is 2. The first-order chi connectivity index (χ1) is 7.98. The van der Waals surface area contributed by atoms with Gasteiger partial charge >= 0.3 is 11.9 Å². The summed E-state index contributed by atoms with van der Waals surface area (Å²) in [5.41, 5.74) is -1.14. The number of esters is 2. The van der Waals surface area contributed by atoms with Crippen LogP contribution in [-0.2, 0) is 19.1 Å². The van der Waals surface area contributed by atoms with Crippen LogP contribution >= 0.6 is 0 Å². The fourth-order valence-electron chi connectivity index (χ4n) is 2.03. The molecule has 0 N–H and O–H groups in total. The summed E-state index contributed by atoms with van der Waals surface area (Å²) in [6.07, 6.45) is 5.69. The molecular weight excluding hydrogens is 220 g/mol. The zero-order chi connectivity index (χ0) is 12.9. The van der Waals surface area contributed by atoms with E-state index in [1.54, 1.807) is 6.92 Å². The summed E-state index contributed by atoms with van der Waals surface area (Å²) in [6.45, 7) is 4.73. The van der Waals surface area contributed by atoms with E-state index in [4.69, 9.17) is 9.47 Å². The summed E-state index contributed by atoms with van der Waals surface area (Å²) in [7, 11) is 0. The highest BCUT2D eigenvalue weighted by Crippen LogP contribution is 2.24. The molecule has 0 aromatic carbocycles. The third-order valence-electron chi connectivity index (χ3n) is 3.30. The molecule has 0 spiro atoms. The van der Waals surface area contributed by atoms with Crippen LogP contribution < -0.4 is 0 Å². The molecule has 4 nitrogen and oxygen atoms in total. The zero-order valence-electron chi connectivity index (χ0n) is 11.0. The molecule has 1 unspecified atom stereocenters. The van der Waals surface area contributed by atoms with E-state index < -0.39 is 17.5 Å². The molecule has 1 aliphatic rings. The molecule has 17 heavy (non-hydrogen) atoms. The minimum atomic E-state index is -1.14. The normalized spacial score (nSPS) is 20.4. The number of carbonyl (C=O) groups excluding carboxylic acids is 2. The van der Waals surface area contributed by atoms with Crippen molar-refractivity contribution in [2.75, 3.05) is 0 Å². The molecular formula is C13H22O4. The summed E-state index contributed by atoms with van der Waals surface area (Å²) in [5, 5.41) is 0. The topological polar surface area (TPSA) is 52.6 Å². The van der Waals surface area contributed by atoms with E-state index in [1.165, 1.54) is 13.3 Å². The lowest BCUT2D eigenvalue weighted by molar-refractivity contribution is -0.184. The maximum absolute atomic E-state index is 12.0. The highest BCUT2D eigenvalue weighted by Gasteiger charge is 2.38. The monoisotopic (exact) mass is 242 g/mol. The summed E-state index contributed by atoms with van der Waals surface area (Å²) in [4.78, 5) is 23.0. The van der Waals surface area contributed by atoms with Crippen molar-refractivity contribution in [1.29, 1.82) is 0 Å². The number of ether oxygens (including phenoxy) is 2. The van der Waals surface area contributed by atoms with Crippen molar-refractivity contribution >= 4 is 11.9 Å². The molecule has 98 valence electrons. The molecule has 1 atom stereocenters. The van der Waals surface area contributed by atoms with Gasteiger partial charge in [-0.05, 0) is 39.0 Å². The van der Waals surface area contributed by atoms with Crippen LogP contribution in [-0.4, -0.2) is 23.6 Å². The lowest BCUT2D eigenvalue weighted by Crippen LogP contribution is -2.42. The molecule has 0 aliphatic heterocycles. The first kappa shape index (κ1) is 14.0. The van der Waals surface area contributed by atoms with Crippen LogP contribution in [0.1, 0.15) is 59.3 Å². The van der Waals surface area contributed by atoms with Gasteiger partial charge in [-0.1, -0.05) is 13.3 Å². The summed E-state index contributed by atoms with van der Waals surface area (Å²) in [6, 6.07) is 0. The van der Waals surface area contributed by atoms with Crippen LogP contribution in [0.3, 0.4) is 0 Å².